The molecule has 1 amide bonds. The fraction of sp³-hybridized carbons (Fsp3) is 0.421. The average molecular weight is 356 g/mol. The van der Waals surface area contributed by atoms with Crippen LogP contribution in [0.2, 0.25) is 0 Å². The van der Waals surface area contributed by atoms with Crippen molar-refractivity contribution in [1.29, 1.82) is 0 Å². The van der Waals surface area contributed by atoms with Crippen LogP contribution in [0.5, 0.6) is 0 Å². The number of nitrogens with one attached hydrogen (secondary N) is 2. The van der Waals surface area contributed by atoms with E-state index in [0.717, 1.165) is 36.6 Å². The van der Waals surface area contributed by atoms with Gasteiger partial charge < -0.3 is 19.6 Å². The number of fused-ring (bicyclic) bond motifs is 1. The summed E-state index contributed by atoms with van der Waals surface area (Å²) in [6.07, 6.45) is 1.06. The molecule has 0 aromatic carbocycles. The first kappa shape index (κ1) is 18.1. The fourth-order valence-electron chi connectivity index (χ4n) is 2.96. The van der Waals surface area contributed by atoms with E-state index < -0.39 is 0 Å². The van der Waals surface area contributed by atoms with Crippen LogP contribution >= 0.6 is 0 Å². The van der Waals surface area contributed by atoms with Crippen LogP contribution in [-0.2, 0) is 0 Å². The summed E-state index contributed by atoms with van der Waals surface area (Å²) < 4.78 is 10.9. The standard InChI is InChI=1S/C19H24N4O3/c1-5-6-20-7-8-21-18(24)15-10-16(14-9-11(2)25-13(14)4)22-19-17(15)12(3)23-26-19/h9-10,20H,5-8H2,1-4H3,(H,21,24). The van der Waals surface area contributed by atoms with Gasteiger partial charge in [0.25, 0.3) is 11.6 Å². The molecule has 3 aromatic heterocycles. The van der Waals surface area contributed by atoms with Crippen molar-refractivity contribution in [2.45, 2.75) is 34.1 Å². The van der Waals surface area contributed by atoms with Gasteiger partial charge in [-0.2, -0.15) is 0 Å². The Labute approximate surface area is 152 Å². The lowest BCUT2D eigenvalue weighted by Gasteiger charge is -2.08. The van der Waals surface area contributed by atoms with Crippen molar-refractivity contribution in [3.63, 3.8) is 0 Å². The van der Waals surface area contributed by atoms with Gasteiger partial charge in [-0.1, -0.05) is 12.1 Å². The molecule has 0 aliphatic heterocycles. The highest BCUT2D eigenvalue weighted by Gasteiger charge is 2.20. The summed E-state index contributed by atoms with van der Waals surface area (Å²) in [4.78, 5) is 17.3. The van der Waals surface area contributed by atoms with Crippen molar-refractivity contribution in [3.8, 4) is 11.3 Å². The van der Waals surface area contributed by atoms with E-state index in [9.17, 15) is 4.79 Å². The fourth-order valence-corrected chi connectivity index (χ4v) is 2.96. The Hall–Kier alpha value is -2.67. The van der Waals surface area contributed by atoms with Gasteiger partial charge in [-0.05, 0) is 45.9 Å². The van der Waals surface area contributed by atoms with Gasteiger partial charge in [0.15, 0.2) is 0 Å². The molecule has 0 aliphatic rings. The Kier molecular flexibility index (Phi) is 5.37. The highest BCUT2D eigenvalue weighted by Crippen LogP contribution is 2.30. The summed E-state index contributed by atoms with van der Waals surface area (Å²) in [5.41, 5.74) is 2.99. The van der Waals surface area contributed by atoms with E-state index in [1.165, 1.54) is 0 Å². The van der Waals surface area contributed by atoms with Crippen molar-refractivity contribution in [2.24, 2.45) is 0 Å². The second-order valence-electron chi connectivity index (χ2n) is 6.34. The van der Waals surface area contributed by atoms with Gasteiger partial charge in [-0.3, -0.25) is 4.79 Å². The SMILES string of the molecule is CCCNCCNC(=O)c1cc(-c2cc(C)oc2C)nc2onc(C)c12. The van der Waals surface area contributed by atoms with E-state index in [0.29, 0.717) is 34.6 Å². The molecule has 3 rings (SSSR count). The molecule has 0 saturated heterocycles. The van der Waals surface area contributed by atoms with Crippen molar-refractivity contribution >= 4 is 17.0 Å². The number of pyridine rings is 1. The topological polar surface area (TPSA) is 93.2 Å². The molecule has 0 atom stereocenters. The van der Waals surface area contributed by atoms with Crippen LogP contribution in [-0.4, -0.2) is 35.7 Å². The Bertz CT molecular complexity index is 926. The number of aromatic nitrogens is 2. The monoisotopic (exact) mass is 356 g/mol. The van der Waals surface area contributed by atoms with Gasteiger partial charge in [0.2, 0.25) is 0 Å². The molecule has 26 heavy (non-hydrogen) atoms. The molecule has 0 radical (unpaired) electrons. The zero-order chi connectivity index (χ0) is 18.7. The number of carbonyl (C=O) groups is 1. The van der Waals surface area contributed by atoms with Crippen molar-refractivity contribution in [3.05, 3.63) is 34.9 Å². The number of aryl methyl sites for hydroxylation is 3. The van der Waals surface area contributed by atoms with E-state index in [4.69, 9.17) is 8.94 Å². The molecule has 0 fully saturated rings. The molecule has 0 unspecified atom stereocenters. The highest BCUT2D eigenvalue weighted by atomic mass is 16.5. The minimum Gasteiger partial charge on any atom is -0.466 e. The molecule has 138 valence electrons. The number of nitrogens with zero attached hydrogens (tertiary/aromatic N) is 2. The number of hydrogen-bond donors (Lipinski definition) is 2. The Morgan fingerprint density at radius 1 is 1.15 bits per heavy atom. The van der Waals surface area contributed by atoms with Crippen LogP contribution in [0.4, 0.5) is 0 Å². The van der Waals surface area contributed by atoms with Gasteiger partial charge in [0.1, 0.15) is 11.5 Å². The third-order valence-electron chi connectivity index (χ3n) is 4.19. The molecule has 3 aromatic rings. The maximum absolute atomic E-state index is 12.8. The Balaban J connectivity index is 1.93. The van der Waals surface area contributed by atoms with Crippen LogP contribution in [0.25, 0.3) is 22.4 Å². The lowest BCUT2D eigenvalue weighted by Crippen LogP contribution is -2.32. The molecule has 0 saturated carbocycles. The van der Waals surface area contributed by atoms with Crippen molar-refractivity contribution in [1.82, 2.24) is 20.8 Å². The summed E-state index contributed by atoms with van der Waals surface area (Å²) in [7, 11) is 0. The average Bonchev–Trinajstić information content (AvgIpc) is 3.15. The van der Waals surface area contributed by atoms with Crippen molar-refractivity contribution in [2.75, 3.05) is 19.6 Å². The molecular weight excluding hydrogens is 332 g/mol. The lowest BCUT2D eigenvalue weighted by atomic mass is 10.1. The summed E-state index contributed by atoms with van der Waals surface area (Å²) in [6, 6.07) is 3.68. The molecule has 7 heteroatoms. The van der Waals surface area contributed by atoms with Crippen LogP contribution in [0.1, 0.15) is 40.9 Å². The smallest absolute Gasteiger partial charge is 0.259 e. The quantitative estimate of drug-likeness (QED) is 0.632. The van der Waals surface area contributed by atoms with Gasteiger partial charge in [-0.25, -0.2) is 4.98 Å². The molecule has 0 aliphatic carbocycles. The Morgan fingerprint density at radius 2 is 1.96 bits per heavy atom. The van der Waals surface area contributed by atoms with Gasteiger partial charge in [0.05, 0.1) is 22.3 Å². The largest absolute Gasteiger partial charge is 0.466 e. The summed E-state index contributed by atoms with van der Waals surface area (Å²) >= 11 is 0. The number of amides is 1. The maximum Gasteiger partial charge on any atom is 0.259 e. The normalized spacial score (nSPS) is 11.2. The van der Waals surface area contributed by atoms with Crippen LogP contribution in [0.3, 0.4) is 0 Å². The Morgan fingerprint density at radius 3 is 2.65 bits per heavy atom. The highest BCUT2D eigenvalue weighted by molar-refractivity contribution is 6.07. The second-order valence-corrected chi connectivity index (χ2v) is 6.34. The van der Waals surface area contributed by atoms with Crippen LogP contribution in [0.15, 0.2) is 21.1 Å². The third-order valence-corrected chi connectivity index (χ3v) is 4.19. The third kappa shape index (κ3) is 3.62. The molecule has 0 bridgehead atoms. The number of furan rings is 1. The minimum atomic E-state index is -0.166. The first-order valence-electron chi connectivity index (χ1n) is 8.84. The van der Waals surface area contributed by atoms with Crippen LogP contribution < -0.4 is 10.6 Å². The molecule has 7 nitrogen and oxygen atoms in total. The van der Waals surface area contributed by atoms with Crippen LogP contribution in [0, 0.1) is 20.8 Å². The predicted molar refractivity (Wildman–Crippen MR) is 99.2 cm³/mol. The van der Waals surface area contributed by atoms with E-state index in [1.54, 1.807) is 13.0 Å². The number of carbonyl (C=O) groups excluding carboxylic acids is 1. The van der Waals surface area contributed by atoms with E-state index >= 15 is 0 Å². The maximum atomic E-state index is 12.8. The van der Waals surface area contributed by atoms with Crippen molar-refractivity contribution < 1.29 is 13.7 Å². The zero-order valence-corrected chi connectivity index (χ0v) is 15.6. The summed E-state index contributed by atoms with van der Waals surface area (Å²) in [5.74, 6) is 1.38. The van der Waals surface area contributed by atoms with E-state index in [1.807, 2.05) is 19.9 Å². The van der Waals surface area contributed by atoms with E-state index in [2.05, 4.69) is 27.7 Å². The molecular formula is C19H24N4O3. The predicted octanol–water partition coefficient (Wildman–Crippen LogP) is 3.14. The zero-order valence-electron chi connectivity index (χ0n) is 15.6. The molecule has 3 heterocycles. The lowest BCUT2D eigenvalue weighted by molar-refractivity contribution is 0.0955. The summed E-state index contributed by atoms with van der Waals surface area (Å²) in [6.45, 7) is 9.87. The minimum absolute atomic E-state index is 0.166. The summed E-state index contributed by atoms with van der Waals surface area (Å²) in [5, 5.41) is 10.8. The van der Waals surface area contributed by atoms with Gasteiger partial charge in [-0.15, -0.1) is 0 Å². The molecule has 2 N–H and O–H groups in total. The van der Waals surface area contributed by atoms with Gasteiger partial charge >= 0.3 is 0 Å². The number of hydrogen-bond acceptors (Lipinski definition) is 6. The number of rotatable bonds is 7. The second kappa shape index (κ2) is 7.70. The van der Waals surface area contributed by atoms with Gasteiger partial charge in [0, 0.05) is 18.7 Å². The van der Waals surface area contributed by atoms with E-state index in [-0.39, 0.29) is 5.91 Å². The molecule has 0 spiro atoms. The first-order chi connectivity index (χ1) is 12.5. The first-order valence-corrected chi connectivity index (χ1v) is 8.84.